The lowest BCUT2D eigenvalue weighted by molar-refractivity contribution is -0.118. The average molecular weight is 334 g/mol. The zero-order valence-corrected chi connectivity index (χ0v) is 13.7. The van der Waals surface area contributed by atoms with Crippen molar-refractivity contribution in [1.82, 2.24) is 0 Å². The smallest absolute Gasteiger partial charge is 0.262 e. The van der Waals surface area contributed by atoms with Crippen LogP contribution in [0, 0.1) is 0 Å². The third-order valence-corrected chi connectivity index (χ3v) is 4.33. The molecule has 0 bridgehead atoms. The largest absolute Gasteiger partial charge is 0.484 e. The third kappa shape index (κ3) is 5.00. The molecule has 122 valence electrons. The normalized spacial score (nSPS) is 10.9. The molecule has 0 atom stereocenters. The predicted octanol–water partition coefficient (Wildman–Crippen LogP) is 2.10. The zero-order chi connectivity index (χ0) is 16.9. The highest BCUT2D eigenvalue weighted by atomic mass is 32.2. The molecular weight excluding hydrogens is 316 g/mol. The van der Waals surface area contributed by atoms with Crippen LogP contribution in [0.1, 0.15) is 0 Å². The van der Waals surface area contributed by atoms with Crippen molar-refractivity contribution in [3.8, 4) is 5.75 Å². The Morgan fingerprint density at radius 1 is 1.09 bits per heavy atom. The molecule has 1 amide bonds. The van der Waals surface area contributed by atoms with E-state index >= 15 is 0 Å². The standard InChI is InChI=1S/C16H18N2O4S/c1-18(23(2,20)21)14-8-10-15(11-9-14)22-12-16(19)17-13-6-4-3-5-7-13/h3-11H,12H2,1-2H3,(H,17,19). The molecule has 7 heteroatoms. The average Bonchev–Trinajstić information content (AvgIpc) is 2.53. The summed E-state index contributed by atoms with van der Waals surface area (Å²) in [6, 6.07) is 15.6. The molecule has 0 aromatic heterocycles. The molecule has 0 aliphatic rings. The van der Waals surface area contributed by atoms with Gasteiger partial charge in [-0.25, -0.2) is 8.42 Å². The molecule has 0 aliphatic carbocycles. The topological polar surface area (TPSA) is 75.7 Å². The van der Waals surface area contributed by atoms with E-state index in [2.05, 4.69) is 5.32 Å². The molecule has 0 saturated carbocycles. The van der Waals surface area contributed by atoms with Gasteiger partial charge in [-0.05, 0) is 36.4 Å². The number of nitrogens with one attached hydrogen (secondary N) is 1. The summed E-state index contributed by atoms with van der Waals surface area (Å²) in [6.07, 6.45) is 1.13. The molecule has 23 heavy (non-hydrogen) atoms. The highest BCUT2D eigenvalue weighted by Crippen LogP contribution is 2.20. The van der Waals surface area contributed by atoms with E-state index in [9.17, 15) is 13.2 Å². The van der Waals surface area contributed by atoms with Crippen LogP contribution in [0.3, 0.4) is 0 Å². The van der Waals surface area contributed by atoms with Crippen LogP contribution >= 0.6 is 0 Å². The summed E-state index contributed by atoms with van der Waals surface area (Å²) in [7, 11) is -1.83. The molecule has 2 aromatic rings. The number of ether oxygens (including phenoxy) is 1. The summed E-state index contributed by atoms with van der Waals surface area (Å²) < 4.78 is 29.4. The number of hydrogen-bond acceptors (Lipinski definition) is 4. The van der Waals surface area contributed by atoms with Crippen molar-refractivity contribution in [2.75, 3.05) is 29.5 Å². The van der Waals surface area contributed by atoms with Gasteiger partial charge in [-0.1, -0.05) is 18.2 Å². The van der Waals surface area contributed by atoms with Gasteiger partial charge in [0.2, 0.25) is 10.0 Å². The lowest BCUT2D eigenvalue weighted by Crippen LogP contribution is -2.24. The highest BCUT2D eigenvalue weighted by Gasteiger charge is 2.11. The monoisotopic (exact) mass is 334 g/mol. The summed E-state index contributed by atoms with van der Waals surface area (Å²) in [6.45, 7) is -0.129. The first-order chi connectivity index (χ1) is 10.9. The van der Waals surface area contributed by atoms with Gasteiger partial charge in [0.1, 0.15) is 5.75 Å². The van der Waals surface area contributed by atoms with Crippen LogP contribution in [0.25, 0.3) is 0 Å². The quantitative estimate of drug-likeness (QED) is 0.878. The Morgan fingerprint density at radius 2 is 1.70 bits per heavy atom. The second kappa shape index (κ2) is 7.15. The number of rotatable bonds is 6. The van der Waals surface area contributed by atoms with Gasteiger partial charge in [0.25, 0.3) is 5.91 Å². The number of sulfonamides is 1. The van der Waals surface area contributed by atoms with E-state index in [0.29, 0.717) is 17.1 Å². The minimum absolute atomic E-state index is 0.129. The molecule has 6 nitrogen and oxygen atoms in total. The van der Waals surface area contributed by atoms with Gasteiger partial charge in [0.15, 0.2) is 6.61 Å². The number of nitrogens with zero attached hydrogens (tertiary/aromatic N) is 1. The van der Waals surface area contributed by atoms with E-state index in [1.165, 1.54) is 11.4 Å². The van der Waals surface area contributed by atoms with E-state index in [4.69, 9.17) is 4.74 Å². The maximum absolute atomic E-state index is 11.8. The van der Waals surface area contributed by atoms with Crippen molar-refractivity contribution in [3.05, 3.63) is 54.6 Å². The number of anilines is 2. The second-order valence-corrected chi connectivity index (χ2v) is 6.94. The summed E-state index contributed by atoms with van der Waals surface area (Å²) in [5, 5.41) is 2.71. The minimum Gasteiger partial charge on any atom is -0.484 e. The number of carbonyl (C=O) groups is 1. The SMILES string of the molecule is CN(c1ccc(OCC(=O)Nc2ccccc2)cc1)S(C)(=O)=O. The number of hydrogen-bond donors (Lipinski definition) is 1. The molecule has 0 fully saturated rings. The van der Waals surface area contributed by atoms with Crippen molar-refractivity contribution in [1.29, 1.82) is 0 Å². The Kier molecular flexibility index (Phi) is 5.23. The van der Waals surface area contributed by atoms with E-state index in [-0.39, 0.29) is 12.5 Å². The maximum atomic E-state index is 11.8. The molecular formula is C16H18N2O4S. The number of carbonyl (C=O) groups excluding carboxylic acids is 1. The summed E-state index contributed by atoms with van der Waals surface area (Å²) >= 11 is 0. The van der Waals surface area contributed by atoms with Gasteiger partial charge in [-0.3, -0.25) is 9.10 Å². The van der Waals surface area contributed by atoms with Gasteiger partial charge in [0, 0.05) is 12.7 Å². The van der Waals surface area contributed by atoms with Gasteiger partial charge < -0.3 is 10.1 Å². The second-order valence-electron chi connectivity index (χ2n) is 4.93. The number of amides is 1. The molecule has 2 aromatic carbocycles. The lowest BCUT2D eigenvalue weighted by Gasteiger charge is -2.16. The van der Waals surface area contributed by atoms with E-state index in [1.807, 2.05) is 18.2 Å². The van der Waals surface area contributed by atoms with Crippen LogP contribution in [-0.2, 0) is 14.8 Å². The fourth-order valence-electron chi connectivity index (χ4n) is 1.81. The van der Waals surface area contributed by atoms with Crippen LogP contribution in [0.15, 0.2) is 54.6 Å². The van der Waals surface area contributed by atoms with Gasteiger partial charge in [-0.2, -0.15) is 0 Å². The van der Waals surface area contributed by atoms with E-state index in [0.717, 1.165) is 6.26 Å². The first kappa shape index (κ1) is 16.8. The van der Waals surface area contributed by atoms with E-state index < -0.39 is 10.0 Å². The van der Waals surface area contributed by atoms with Crippen LogP contribution in [0.4, 0.5) is 11.4 Å². The molecule has 2 rings (SSSR count). The van der Waals surface area contributed by atoms with Crippen molar-refractivity contribution in [2.45, 2.75) is 0 Å². The first-order valence-electron chi connectivity index (χ1n) is 6.88. The van der Waals surface area contributed by atoms with Crippen molar-refractivity contribution in [2.24, 2.45) is 0 Å². The Labute approximate surface area is 135 Å². The summed E-state index contributed by atoms with van der Waals surface area (Å²) in [5.74, 6) is 0.215. The third-order valence-electron chi connectivity index (χ3n) is 3.13. The highest BCUT2D eigenvalue weighted by molar-refractivity contribution is 7.92. The molecule has 0 spiro atoms. The molecule has 0 heterocycles. The molecule has 0 radical (unpaired) electrons. The number of benzene rings is 2. The van der Waals surface area contributed by atoms with Gasteiger partial charge in [0.05, 0.1) is 11.9 Å². The lowest BCUT2D eigenvalue weighted by atomic mass is 10.3. The Hall–Kier alpha value is -2.54. The van der Waals surface area contributed by atoms with Crippen molar-refractivity contribution < 1.29 is 17.9 Å². The Bertz CT molecular complexity index is 758. The fourth-order valence-corrected chi connectivity index (χ4v) is 2.32. The summed E-state index contributed by atoms with van der Waals surface area (Å²) in [5.41, 5.74) is 1.22. The Balaban J connectivity index is 1.90. The van der Waals surface area contributed by atoms with Crippen LogP contribution < -0.4 is 14.4 Å². The van der Waals surface area contributed by atoms with Crippen molar-refractivity contribution >= 4 is 27.3 Å². The summed E-state index contributed by atoms with van der Waals surface area (Å²) in [4.78, 5) is 11.8. The molecule has 0 aliphatic heterocycles. The zero-order valence-electron chi connectivity index (χ0n) is 12.9. The van der Waals surface area contributed by atoms with Gasteiger partial charge in [-0.15, -0.1) is 0 Å². The van der Waals surface area contributed by atoms with Crippen LogP contribution in [0.2, 0.25) is 0 Å². The Morgan fingerprint density at radius 3 is 2.26 bits per heavy atom. The fraction of sp³-hybridized carbons (Fsp3) is 0.188. The molecule has 1 N–H and O–H groups in total. The molecule has 0 unspecified atom stereocenters. The minimum atomic E-state index is -3.30. The first-order valence-corrected chi connectivity index (χ1v) is 8.73. The molecule has 0 saturated heterocycles. The van der Waals surface area contributed by atoms with Crippen LogP contribution in [-0.4, -0.2) is 34.2 Å². The van der Waals surface area contributed by atoms with Crippen LogP contribution in [0.5, 0.6) is 5.75 Å². The van der Waals surface area contributed by atoms with E-state index in [1.54, 1.807) is 36.4 Å². The maximum Gasteiger partial charge on any atom is 0.262 e. The van der Waals surface area contributed by atoms with Crippen molar-refractivity contribution in [3.63, 3.8) is 0 Å². The number of para-hydroxylation sites is 1. The predicted molar refractivity (Wildman–Crippen MR) is 90.3 cm³/mol. The van der Waals surface area contributed by atoms with Gasteiger partial charge >= 0.3 is 0 Å².